The standard InChI is InChI=1S/C13H20O2S/c1-11(2)15-8-5-9-16(14)13-7-4-6-12(3)10-13/h4,6-7,10-11H,5,8-9H2,1-3H3. The molecule has 1 aromatic rings. The van der Waals surface area contributed by atoms with Crippen molar-refractivity contribution in [3.05, 3.63) is 29.8 Å². The lowest BCUT2D eigenvalue weighted by Gasteiger charge is -2.07. The first-order valence-electron chi connectivity index (χ1n) is 5.66. The van der Waals surface area contributed by atoms with Crippen molar-refractivity contribution in [1.82, 2.24) is 0 Å². The highest BCUT2D eigenvalue weighted by Crippen LogP contribution is 2.10. The van der Waals surface area contributed by atoms with E-state index in [9.17, 15) is 4.21 Å². The molecule has 0 saturated carbocycles. The Morgan fingerprint density at radius 2 is 2.12 bits per heavy atom. The van der Waals surface area contributed by atoms with Crippen molar-refractivity contribution in [3.8, 4) is 0 Å². The molecule has 0 aliphatic carbocycles. The molecule has 1 aromatic carbocycles. The third-order valence-electron chi connectivity index (χ3n) is 2.18. The zero-order chi connectivity index (χ0) is 12.0. The first-order chi connectivity index (χ1) is 7.59. The van der Waals surface area contributed by atoms with Gasteiger partial charge in [0.1, 0.15) is 0 Å². The largest absolute Gasteiger partial charge is 0.379 e. The van der Waals surface area contributed by atoms with Gasteiger partial charge in [-0.25, -0.2) is 0 Å². The molecule has 3 heteroatoms. The predicted molar refractivity (Wildman–Crippen MR) is 68.2 cm³/mol. The third-order valence-corrected chi connectivity index (χ3v) is 3.62. The van der Waals surface area contributed by atoms with Crippen LogP contribution in [0.2, 0.25) is 0 Å². The minimum atomic E-state index is -0.888. The molecule has 0 radical (unpaired) electrons. The fourth-order valence-electron chi connectivity index (χ4n) is 1.38. The van der Waals surface area contributed by atoms with Crippen molar-refractivity contribution in [2.45, 2.75) is 38.2 Å². The van der Waals surface area contributed by atoms with Crippen molar-refractivity contribution in [2.75, 3.05) is 12.4 Å². The summed E-state index contributed by atoms with van der Waals surface area (Å²) in [6.45, 7) is 6.73. The maximum absolute atomic E-state index is 11.9. The quantitative estimate of drug-likeness (QED) is 0.715. The van der Waals surface area contributed by atoms with Gasteiger partial charge in [0.25, 0.3) is 0 Å². The fraction of sp³-hybridized carbons (Fsp3) is 0.538. The molecule has 0 amide bonds. The molecule has 0 saturated heterocycles. The zero-order valence-electron chi connectivity index (χ0n) is 10.2. The van der Waals surface area contributed by atoms with Gasteiger partial charge in [0, 0.05) is 17.3 Å². The van der Waals surface area contributed by atoms with Crippen LogP contribution < -0.4 is 0 Å². The molecule has 16 heavy (non-hydrogen) atoms. The second kappa shape index (κ2) is 6.81. The van der Waals surface area contributed by atoms with Crippen molar-refractivity contribution in [2.24, 2.45) is 0 Å². The lowest BCUT2D eigenvalue weighted by atomic mass is 10.2. The van der Waals surface area contributed by atoms with Crippen LogP contribution in [-0.4, -0.2) is 22.7 Å². The Hall–Kier alpha value is -0.670. The Labute approximate surface area is 100 Å². The minimum absolute atomic E-state index is 0.257. The molecule has 1 rings (SSSR count). The van der Waals surface area contributed by atoms with Gasteiger partial charge in [-0.05, 0) is 44.9 Å². The number of hydrogen-bond donors (Lipinski definition) is 0. The van der Waals surface area contributed by atoms with Crippen LogP contribution in [0.4, 0.5) is 0 Å². The lowest BCUT2D eigenvalue weighted by Crippen LogP contribution is -2.07. The molecular formula is C13H20O2S. The predicted octanol–water partition coefficient (Wildman–Crippen LogP) is 2.92. The Morgan fingerprint density at radius 3 is 2.75 bits per heavy atom. The van der Waals surface area contributed by atoms with Crippen LogP contribution >= 0.6 is 0 Å². The Bertz CT molecular complexity index is 348. The van der Waals surface area contributed by atoms with E-state index in [2.05, 4.69) is 0 Å². The number of hydrogen-bond acceptors (Lipinski definition) is 2. The van der Waals surface area contributed by atoms with Crippen LogP contribution in [0.15, 0.2) is 29.2 Å². The Balaban J connectivity index is 2.35. The van der Waals surface area contributed by atoms with E-state index in [4.69, 9.17) is 4.74 Å². The van der Waals surface area contributed by atoms with Gasteiger partial charge >= 0.3 is 0 Å². The summed E-state index contributed by atoms with van der Waals surface area (Å²) in [5, 5.41) is 0. The number of benzene rings is 1. The second-order valence-corrected chi connectivity index (χ2v) is 5.71. The van der Waals surface area contributed by atoms with Gasteiger partial charge in [-0.1, -0.05) is 12.1 Å². The minimum Gasteiger partial charge on any atom is -0.379 e. The van der Waals surface area contributed by atoms with Crippen LogP contribution in [0.3, 0.4) is 0 Å². The summed E-state index contributed by atoms with van der Waals surface area (Å²) in [5.41, 5.74) is 1.16. The van der Waals surface area contributed by atoms with E-state index in [0.29, 0.717) is 12.4 Å². The second-order valence-electron chi connectivity index (χ2n) is 4.14. The van der Waals surface area contributed by atoms with Crippen LogP contribution in [0.25, 0.3) is 0 Å². The first kappa shape index (κ1) is 13.4. The first-order valence-corrected chi connectivity index (χ1v) is 6.98. The molecular weight excluding hydrogens is 220 g/mol. The molecule has 0 aliphatic rings. The summed E-state index contributed by atoms with van der Waals surface area (Å²) in [5.74, 6) is 0.677. The normalized spacial score (nSPS) is 13.0. The average molecular weight is 240 g/mol. The molecule has 0 N–H and O–H groups in total. The third kappa shape index (κ3) is 4.90. The topological polar surface area (TPSA) is 26.3 Å². The highest BCUT2D eigenvalue weighted by atomic mass is 32.2. The Kier molecular flexibility index (Phi) is 5.71. The molecule has 0 heterocycles. The zero-order valence-corrected chi connectivity index (χ0v) is 11.0. The SMILES string of the molecule is Cc1cccc(S(=O)CCCOC(C)C)c1. The van der Waals surface area contributed by atoms with Crippen molar-refractivity contribution in [1.29, 1.82) is 0 Å². The molecule has 0 fully saturated rings. The molecule has 90 valence electrons. The van der Waals surface area contributed by atoms with Crippen molar-refractivity contribution in [3.63, 3.8) is 0 Å². The van der Waals surface area contributed by atoms with E-state index >= 15 is 0 Å². The van der Waals surface area contributed by atoms with Gasteiger partial charge in [-0.2, -0.15) is 0 Å². The summed E-state index contributed by atoms with van der Waals surface area (Å²) in [6, 6.07) is 7.88. The number of ether oxygens (including phenoxy) is 1. The summed E-state index contributed by atoms with van der Waals surface area (Å²) in [4.78, 5) is 0.921. The van der Waals surface area contributed by atoms with E-state index in [1.54, 1.807) is 0 Å². The van der Waals surface area contributed by atoms with Gasteiger partial charge in [-0.15, -0.1) is 0 Å². The molecule has 0 bridgehead atoms. The Morgan fingerprint density at radius 1 is 1.38 bits per heavy atom. The molecule has 2 nitrogen and oxygen atoms in total. The summed E-state index contributed by atoms with van der Waals surface area (Å²) in [7, 11) is -0.888. The van der Waals surface area contributed by atoms with Gasteiger partial charge in [-0.3, -0.25) is 4.21 Å². The van der Waals surface area contributed by atoms with E-state index in [1.165, 1.54) is 0 Å². The van der Waals surface area contributed by atoms with E-state index in [0.717, 1.165) is 16.9 Å². The van der Waals surface area contributed by atoms with Gasteiger partial charge in [0.15, 0.2) is 0 Å². The van der Waals surface area contributed by atoms with Crippen molar-refractivity contribution < 1.29 is 8.95 Å². The van der Waals surface area contributed by atoms with Crippen molar-refractivity contribution >= 4 is 10.8 Å². The number of aryl methyl sites for hydroxylation is 1. The maximum atomic E-state index is 11.9. The van der Waals surface area contributed by atoms with Crippen LogP contribution in [0, 0.1) is 6.92 Å². The van der Waals surface area contributed by atoms with Gasteiger partial charge in [0.05, 0.1) is 16.9 Å². The van der Waals surface area contributed by atoms with E-state index in [1.807, 2.05) is 45.0 Å². The maximum Gasteiger partial charge on any atom is 0.0530 e. The fourth-order valence-corrected chi connectivity index (χ4v) is 2.55. The van der Waals surface area contributed by atoms with Gasteiger partial charge in [0.2, 0.25) is 0 Å². The summed E-state index contributed by atoms with van der Waals surface area (Å²) in [6.07, 6.45) is 1.10. The molecule has 0 aromatic heterocycles. The van der Waals surface area contributed by atoms with E-state index in [-0.39, 0.29) is 6.10 Å². The highest BCUT2D eigenvalue weighted by molar-refractivity contribution is 7.85. The smallest absolute Gasteiger partial charge is 0.0530 e. The monoisotopic (exact) mass is 240 g/mol. The number of rotatable bonds is 6. The molecule has 0 spiro atoms. The molecule has 1 atom stereocenters. The van der Waals surface area contributed by atoms with Gasteiger partial charge < -0.3 is 4.74 Å². The molecule has 0 aliphatic heterocycles. The van der Waals surface area contributed by atoms with Crippen LogP contribution in [0.1, 0.15) is 25.8 Å². The van der Waals surface area contributed by atoms with E-state index < -0.39 is 10.8 Å². The highest BCUT2D eigenvalue weighted by Gasteiger charge is 2.03. The van der Waals surface area contributed by atoms with Crippen LogP contribution in [0.5, 0.6) is 0 Å². The lowest BCUT2D eigenvalue weighted by molar-refractivity contribution is 0.0798. The molecule has 1 unspecified atom stereocenters. The summed E-state index contributed by atoms with van der Waals surface area (Å²) < 4.78 is 17.3. The average Bonchev–Trinajstić information content (AvgIpc) is 2.24. The summed E-state index contributed by atoms with van der Waals surface area (Å²) >= 11 is 0. The van der Waals surface area contributed by atoms with Crippen LogP contribution in [-0.2, 0) is 15.5 Å².